The summed E-state index contributed by atoms with van der Waals surface area (Å²) < 4.78 is 5.50. The highest BCUT2D eigenvalue weighted by atomic mass is 32.1. The Kier molecular flexibility index (Phi) is 5.79. The summed E-state index contributed by atoms with van der Waals surface area (Å²) >= 11 is 1.85. The van der Waals surface area contributed by atoms with Crippen molar-refractivity contribution in [3.05, 3.63) is 15.6 Å². The van der Waals surface area contributed by atoms with Crippen molar-refractivity contribution in [2.45, 2.75) is 52.5 Å². The molecule has 1 aromatic heterocycles. The molecule has 3 nitrogen and oxygen atoms in total. The Labute approximate surface area is 120 Å². The lowest BCUT2D eigenvalue weighted by atomic mass is 9.97. The smallest absolute Gasteiger partial charge is 0.0946 e. The fraction of sp³-hybridized carbons (Fsp3) is 0.800. The second-order valence-electron chi connectivity index (χ2n) is 5.57. The molecule has 1 aromatic rings. The molecule has 4 heteroatoms. The maximum absolute atomic E-state index is 5.50. The summed E-state index contributed by atoms with van der Waals surface area (Å²) in [6.07, 6.45) is 4.70. The van der Waals surface area contributed by atoms with Gasteiger partial charge in [-0.1, -0.05) is 6.92 Å². The standard InChI is InChI=1S/C15H26N2OS/c1-4-6-16-14(8-13-5-7-18-10-13)9-15-17-11(2)12(3)19-15/h13-14,16H,4-10H2,1-3H3. The van der Waals surface area contributed by atoms with Gasteiger partial charge in [-0.3, -0.25) is 0 Å². The lowest BCUT2D eigenvalue weighted by Gasteiger charge is -2.20. The number of nitrogens with zero attached hydrogens (tertiary/aromatic N) is 1. The zero-order valence-electron chi connectivity index (χ0n) is 12.4. The first kappa shape index (κ1) is 14.9. The minimum Gasteiger partial charge on any atom is -0.381 e. The Balaban J connectivity index is 1.91. The van der Waals surface area contributed by atoms with Gasteiger partial charge in [-0.15, -0.1) is 11.3 Å². The summed E-state index contributed by atoms with van der Waals surface area (Å²) in [6, 6.07) is 0.552. The van der Waals surface area contributed by atoms with E-state index in [4.69, 9.17) is 4.74 Å². The van der Waals surface area contributed by atoms with Gasteiger partial charge in [0.1, 0.15) is 0 Å². The molecule has 2 rings (SSSR count). The molecule has 2 unspecified atom stereocenters. The van der Waals surface area contributed by atoms with Gasteiger partial charge in [0, 0.05) is 30.6 Å². The first-order valence-corrected chi connectivity index (χ1v) is 8.24. The molecule has 1 aliphatic rings. The van der Waals surface area contributed by atoms with E-state index in [0.29, 0.717) is 6.04 Å². The molecule has 108 valence electrons. The Hall–Kier alpha value is -0.450. The molecule has 19 heavy (non-hydrogen) atoms. The summed E-state index contributed by atoms with van der Waals surface area (Å²) in [5.41, 5.74) is 1.19. The van der Waals surface area contributed by atoms with Crippen molar-refractivity contribution in [2.75, 3.05) is 19.8 Å². The largest absolute Gasteiger partial charge is 0.381 e. The highest BCUT2D eigenvalue weighted by Crippen LogP contribution is 2.23. The molecule has 0 bridgehead atoms. The van der Waals surface area contributed by atoms with Crippen LogP contribution in [0.1, 0.15) is 41.8 Å². The quantitative estimate of drug-likeness (QED) is 0.834. The van der Waals surface area contributed by atoms with Crippen LogP contribution < -0.4 is 5.32 Å². The Morgan fingerprint density at radius 2 is 2.32 bits per heavy atom. The SMILES string of the molecule is CCCNC(Cc1nc(C)c(C)s1)CC1CCOC1. The normalized spacial score (nSPS) is 20.9. The van der Waals surface area contributed by atoms with Gasteiger partial charge in [-0.25, -0.2) is 4.98 Å². The van der Waals surface area contributed by atoms with E-state index in [1.165, 1.54) is 34.8 Å². The summed E-state index contributed by atoms with van der Waals surface area (Å²) in [6.45, 7) is 9.48. The fourth-order valence-corrected chi connectivity index (χ4v) is 3.61. The van der Waals surface area contributed by atoms with E-state index in [1.807, 2.05) is 11.3 Å². The average Bonchev–Trinajstić information content (AvgIpc) is 2.98. The predicted molar refractivity (Wildman–Crippen MR) is 80.9 cm³/mol. The van der Waals surface area contributed by atoms with Gasteiger partial charge in [0.15, 0.2) is 0 Å². The molecule has 0 saturated carbocycles. The van der Waals surface area contributed by atoms with Crippen LogP contribution in [0.4, 0.5) is 0 Å². The third kappa shape index (κ3) is 4.55. The van der Waals surface area contributed by atoms with Crippen molar-refractivity contribution in [3.8, 4) is 0 Å². The van der Waals surface area contributed by atoms with Crippen LogP contribution in [-0.4, -0.2) is 30.8 Å². The molecule has 1 saturated heterocycles. The number of thiazole rings is 1. The lowest BCUT2D eigenvalue weighted by Crippen LogP contribution is -2.34. The van der Waals surface area contributed by atoms with E-state index in [2.05, 4.69) is 31.1 Å². The van der Waals surface area contributed by atoms with E-state index in [-0.39, 0.29) is 0 Å². The highest BCUT2D eigenvalue weighted by Gasteiger charge is 2.21. The third-order valence-electron chi connectivity index (χ3n) is 3.82. The van der Waals surface area contributed by atoms with Crippen LogP contribution >= 0.6 is 11.3 Å². The van der Waals surface area contributed by atoms with Crippen LogP contribution in [0.5, 0.6) is 0 Å². The van der Waals surface area contributed by atoms with Crippen LogP contribution in [0, 0.1) is 19.8 Å². The van der Waals surface area contributed by atoms with Gasteiger partial charge in [-0.2, -0.15) is 0 Å². The fourth-order valence-electron chi connectivity index (χ4n) is 2.60. The van der Waals surface area contributed by atoms with Crippen molar-refractivity contribution < 1.29 is 4.74 Å². The number of hydrogen-bond acceptors (Lipinski definition) is 4. The number of ether oxygens (including phenoxy) is 1. The topological polar surface area (TPSA) is 34.2 Å². The molecule has 1 fully saturated rings. The molecule has 0 radical (unpaired) electrons. The summed E-state index contributed by atoms with van der Waals surface area (Å²) in [5, 5.41) is 4.96. The van der Waals surface area contributed by atoms with Crippen molar-refractivity contribution in [2.24, 2.45) is 5.92 Å². The predicted octanol–water partition coefficient (Wildman–Crippen LogP) is 3.10. The molecule has 0 aliphatic carbocycles. The first-order valence-electron chi connectivity index (χ1n) is 7.43. The maximum atomic E-state index is 5.50. The average molecular weight is 282 g/mol. The monoisotopic (exact) mass is 282 g/mol. The Bertz CT molecular complexity index is 366. The minimum atomic E-state index is 0.552. The maximum Gasteiger partial charge on any atom is 0.0946 e. The number of aryl methyl sites for hydroxylation is 2. The van der Waals surface area contributed by atoms with Crippen LogP contribution in [0.3, 0.4) is 0 Å². The van der Waals surface area contributed by atoms with Crippen molar-refractivity contribution >= 4 is 11.3 Å². The van der Waals surface area contributed by atoms with Gasteiger partial charge < -0.3 is 10.1 Å². The molecule has 1 N–H and O–H groups in total. The van der Waals surface area contributed by atoms with Crippen LogP contribution in [0.2, 0.25) is 0 Å². The molecular formula is C15H26N2OS. The van der Waals surface area contributed by atoms with E-state index < -0.39 is 0 Å². The Morgan fingerprint density at radius 1 is 1.47 bits per heavy atom. The molecule has 0 spiro atoms. The van der Waals surface area contributed by atoms with Gasteiger partial charge >= 0.3 is 0 Å². The van der Waals surface area contributed by atoms with E-state index in [0.717, 1.165) is 32.1 Å². The first-order chi connectivity index (χ1) is 9.19. The summed E-state index contributed by atoms with van der Waals surface area (Å²) in [5.74, 6) is 0.733. The Morgan fingerprint density at radius 3 is 2.89 bits per heavy atom. The number of hydrogen-bond donors (Lipinski definition) is 1. The number of rotatable bonds is 7. The van der Waals surface area contributed by atoms with Gasteiger partial charge in [0.2, 0.25) is 0 Å². The highest BCUT2D eigenvalue weighted by molar-refractivity contribution is 7.11. The second-order valence-corrected chi connectivity index (χ2v) is 6.86. The molecule has 0 aromatic carbocycles. The summed E-state index contributed by atoms with van der Waals surface area (Å²) in [7, 11) is 0. The van der Waals surface area contributed by atoms with Gasteiger partial charge in [-0.05, 0) is 45.6 Å². The number of aromatic nitrogens is 1. The minimum absolute atomic E-state index is 0.552. The zero-order valence-corrected chi connectivity index (χ0v) is 13.2. The zero-order chi connectivity index (χ0) is 13.7. The van der Waals surface area contributed by atoms with Crippen LogP contribution in [0.25, 0.3) is 0 Å². The molecule has 1 aliphatic heterocycles. The third-order valence-corrected chi connectivity index (χ3v) is 4.91. The van der Waals surface area contributed by atoms with Crippen LogP contribution in [0.15, 0.2) is 0 Å². The molecule has 2 heterocycles. The van der Waals surface area contributed by atoms with Gasteiger partial charge in [0.25, 0.3) is 0 Å². The molecule has 0 amide bonds. The second kappa shape index (κ2) is 7.36. The summed E-state index contributed by atoms with van der Waals surface area (Å²) in [4.78, 5) is 6.03. The van der Waals surface area contributed by atoms with Crippen molar-refractivity contribution in [3.63, 3.8) is 0 Å². The lowest BCUT2D eigenvalue weighted by molar-refractivity contribution is 0.181. The number of nitrogens with one attached hydrogen (secondary N) is 1. The van der Waals surface area contributed by atoms with E-state index in [9.17, 15) is 0 Å². The molecular weight excluding hydrogens is 256 g/mol. The van der Waals surface area contributed by atoms with Gasteiger partial charge in [0.05, 0.1) is 10.7 Å². The van der Waals surface area contributed by atoms with E-state index >= 15 is 0 Å². The molecule has 2 atom stereocenters. The van der Waals surface area contributed by atoms with Crippen LogP contribution in [-0.2, 0) is 11.2 Å². The van der Waals surface area contributed by atoms with Crippen molar-refractivity contribution in [1.29, 1.82) is 0 Å². The van der Waals surface area contributed by atoms with Crippen molar-refractivity contribution in [1.82, 2.24) is 10.3 Å². The van der Waals surface area contributed by atoms with E-state index in [1.54, 1.807) is 0 Å².